The van der Waals surface area contributed by atoms with E-state index >= 15 is 0 Å². The van der Waals surface area contributed by atoms with E-state index in [-0.39, 0.29) is 5.75 Å². The molecule has 2 aromatic carbocycles. The van der Waals surface area contributed by atoms with Crippen LogP contribution in [0.1, 0.15) is 11.1 Å². The Kier molecular flexibility index (Phi) is 4.75. The highest BCUT2D eigenvalue weighted by Gasteiger charge is 2.02. The molecule has 6 heteroatoms. The molecule has 0 radical (unpaired) electrons. The van der Waals surface area contributed by atoms with Crippen LogP contribution in [-0.2, 0) is 4.79 Å². The number of benzene rings is 2. The van der Waals surface area contributed by atoms with Crippen LogP contribution in [0.2, 0.25) is 0 Å². The van der Waals surface area contributed by atoms with Crippen LogP contribution in [0.25, 0.3) is 11.0 Å². The molecule has 0 aliphatic heterocycles. The second-order valence-corrected chi connectivity index (χ2v) is 5.08. The standard InChI is InChI=1S/C9H8N2O2.C8H11NO/c1-2-9(12)13-6-3-4-7-8(5-6)11-10-7;1-5-3-7(9)8(10)4-6(5)2/h2-5,10-11H,1H2;3-4,10H,9H2,1-2H3. The van der Waals surface area contributed by atoms with Crippen LogP contribution in [0.15, 0.2) is 43.0 Å². The Morgan fingerprint density at radius 3 is 2.35 bits per heavy atom. The van der Waals surface area contributed by atoms with Gasteiger partial charge in [0.1, 0.15) is 11.5 Å². The fourth-order valence-electron chi connectivity index (χ4n) is 1.85. The Hall–Kier alpha value is -3.15. The molecule has 1 aromatic heterocycles. The van der Waals surface area contributed by atoms with Crippen LogP contribution < -0.4 is 10.5 Å². The highest BCUT2D eigenvalue weighted by Crippen LogP contribution is 2.23. The van der Waals surface area contributed by atoms with Crippen LogP contribution in [0.3, 0.4) is 0 Å². The molecule has 0 aliphatic rings. The van der Waals surface area contributed by atoms with Gasteiger partial charge < -0.3 is 15.6 Å². The van der Waals surface area contributed by atoms with E-state index in [2.05, 4.69) is 16.8 Å². The summed E-state index contributed by atoms with van der Waals surface area (Å²) in [5.41, 5.74) is 9.98. The number of carbonyl (C=O) groups is 1. The zero-order valence-corrected chi connectivity index (χ0v) is 13.0. The number of phenols is 1. The SMILES string of the molecule is C=CC(=O)Oc1ccc2[nH][nH]c2c1.Cc1cc(N)c(O)cc1C. The molecule has 6 nitrogen and oxygen atoms in total. The molecule has 0 amide bonds. The van der Waals surface area contributed by atoms with Gasteiger partial charge >= 0.3 is 5.97 Å². The fourth-order valence-corrected chi connectivity index (χ4v) is 1.85. The first kappa shape index (κ1) is 16.2. The fraction of sp³-hybridized carbons (Fsp3) is 0.118. The summed E-state index contributed by atoms with van der Waals surface area (Å²) in [7, 11) is 0. The van der Waals surface area contributed by atoms with Crippen molar-refractivity contribution >= 4 is 22.7 Å². The highest BCUT2D eigenvalue weighted by atomic mass is 16.5. The number of rotatable bonds is 2. The van der Waals surface area contributed by atoms with Gasteiger partial charge in [-0.3, -0.25) is 10.2 Å². The summed E-state index contributed by atoms with van der Waals surface area (Å²) in [4.78, 5) is 10.8. The number of nitrogens with two attached hydrogens (primary N) is 1. The Morgan fingerprint density at radius 2 is 1.83 bits per heavy atom. The maximum atomic E-state index is 10.8. The first-order chi connectivity index (χ1) is 10.9. The number of nitrogens with one attached hydrogen (secondary N) is 2. The molecule has 1 heterocycles. The number of aromatic nitrogens is 2. The van der Waals surface area contributed by atoms with Crippen molar-refractivity contribution < 1.29 is 14.6 Å². The molecule has 0 unspecified atom stereocenters. The number of esters is 1. The number of hydrogen-bond acceptors (Lipinski definition) is 4. The van der Waals surface area contributed by atoms with Gasteiger partial charge in [-0.05, 0) is 49.2 Å². The lowest BCUT2D eigenvalue weighted by Gasteiger charge is -2.05. The lowest BCUT2D eigenvalue weighted by Crippen LogP contribution is -2.03. The summed E-state index contributed by atoms with van der Waals surface area (Å²) in [6, 6.07) is 8.73. The quantitative estimate of drug-likeness (QED) is 0.192. The first-order valence-electron chi connectivity index (χ1n) is 6.96. The first-order valence-corrected chi connectivity index (χ1v) is 6.96. The van der Waals surface area contributed by atoms with E-state index in [0.29, 0.717) is 11.4 Å². The lowest BCUT2D eigenvalue weighted by molar-refractivity contribution is -0.128. The van der Waals surface area contributed by atoms with Crippen molar-refractivity contribution in [3.8, 4) is 11.5 Å². The maximum Gasteiger partial charge on any atom is 0.335 e. The Labute approximate surface area is 133 Å². The molecule has 0 spiro atoms. The van der Waals surface area contributed by atoms with E-state index in [4.69, 9.17) is 15.6 Å². The van der Waals surface area contributed by atoms with Gasteiger partial charge in [0.05, 0.1) is 16.7 Å². The Morgan fingerprint density at radius 1 is 1.17 bits per heavy atom. The van der Waals surface area contributed by atoms with Crippen molar-refractivity contribution in [2.75, 3.05) is 5.73 Å². The third-order valence-electron chi connectivity index (χ3n) is 3.35. The van der Waals surface area contributed by atoms with Gasteiger partial charge in [0.25, 0.3) is 0 Å². The third-order valence-corrected chi connectivity index (χ3v) is 3.35. The number of aromatic amines is 2. The van der Waals surface area contributed by atoms with Crippen LogP contribution in [0.5, 0.6) is 11.5 Å². The predicted octanol–water partition coefficient (Wildman–Crippen LogP) is 3.18. The van der Waals surface area contributed by atoms with Gasteiger partial charge in [-0.1, -0.05) is 6.58 Å². The van der Waals surface area contributed by atoms with E-state index in [1.54, 1.807) is 24.3 Å². The average molecular weight is 313 g/mol. The molecule has 5 N–H and O–H groups in total. The normalized spacial score (nSPS) is 10.0. The molecule has 0 fully saturated rings. The summed E-state index contributed by atoms with van der Waals surface area (Å²) >= 11 is 0. The van der Waals surface area contributed by atoms with Gasteiger partial charge in [0, 0.05) is 12.1 Å². The zero-order chi connectivity index (χ0) is 17.0. The molecule has 0 atom stereocenters. The largest absolute Gasteiger partial charge is 0.506 e. The number of nitrogen functional groups attached to an aromatic ring is 1. The molecule has 3 rings (SSSR count). The molecule has 0 bridgehead atoms. The molecule has 120 valence electrons. The predicted molar refractivity (Wildman–Crippen MR) is 90.5 cm³/mol. The number of fused-ring (bicyclic) bond motifs is 1. The summed E-state index contributed by atoms with van der Waals surface area (Å²) in [5, 5.41) is 14.8. The van der Waals surface area contributed by atoms with Crippen LogP contribution in [-0.4, -0.2) is 21.3 Å². The molecule has 0 saturated carbocycles. The second kappa shape index (κ2) is 6.74. The van der Waals surface area contributed by atoms with Gasteiger partial charge in [-0.2, -0.15) is 0 Å². The van der Waals surface area contributed by atoms with Crippen molar-refractivity contribution in [2.24, 2.45) is 0 Å². The Balaban J connectivity index is 0.000000174. The zero-order valence-electron chi connectivity index (χ0n) is 13.0. The number of hydrogen-bond donors (Lipinski definition) is 4. The number of ether oxygens (including phenoxy) is 1. The molecular formula is C17H19N3O3. The topological polar surface area (TPSA) is 104 Å². The number of H-pyrrole nitrogens is 2. The number of anilines is 1. The smallest absolute Gasteiger partial charge is 0.335 e. The second-order valence-electron chi connectivity index (χ2n) is 5.08. The van der Waals surface area contributed by atoms with Crippen molar-refractivity contribution in [1.29, 1.82) is 0 Å². The summed E-state index contributed by atoms with van der Waals surface area (Å²) in [6.45, 7) is 7.21. The maximum absolute atomic E-state index is 10.8. The molecule has 0 aliphatic carbocycles. The average Bonchev–Trinajstić information content (AvgIpc) is 2.49. The summed E-state index contributed by atoms with van der Waals surface area (Å²) in [5.74, 6) is 0.230. The van der Waals surface area contributed by atoms with Crippen LogP contribution in [0.4, 0.5) is 5.69 Å². The molecule has 0 saturated heterocycles. The van der Waals surface area contributed by atoms with E-state index in [1.807, 2.05) is 19.9 Å². The van der Waals surface area contributed by atoms with Crippen molar-refractivity contribution in [3.05, 3.63) is 54.1 Å². The lowest BCUT2D eigenvalue weighted by atomic mass is 10.1. The van der Waals surface area contributed by atoms with Crippen LogP contribution in [0, 0.1) is 13.8 Å². The van der Waals surface area contributed by atoms with E-state index in [0.717, 1.165) is 28.2 Å². The van der Waals surface area contributed by atoms with Crippen LogP contribution >= 0.6 is 0 Å². The third kappa shape index (κ3) is 3.94. The molecule has 3 aromatic rings. The number of carbonyl (C=O) groups excluding carboxylic acids is 1. The van der Waals surface area contributed by atoms with Crippen molar-refractivity contribution in [2.45, 2.75) is 13.8 Å². The number of aryl methyl sites for hydroxylation is 2. The highest BCUT2D eigenvalue weighted by molar-refractivity contribution is 5.85. The molecular weight excluding hydrogens is 294 g/mol. The van der Waals surface area contributed by atoms with Gasteiger partial charge in [0.15, 0.2) is 0 Å². The van der Waals surface area contributed by atoms with Gasteiger partial charge in [0.2, 0.25) is 0 Å². The minimum absolute atomic E-state index is 0.170. The number of aromatic hydroxyl groups is 1. The Bertz CT molecular complexity index is 796. The summed E-state index contributed by atoms with van der Waals surface area (Å²) < 4.78 is 4.91. The molecule has 23 heavy (non-hydrogen) atoms. The van der Waals surface area contributed by atoms with Gasteiger partial charge in [-0.25, -0.2) is 4.79 Å². The number of phenolic OH excluding ortho intramolecular Hbond substituents is 1. The van der Waals surface area contributed by atoms with E-state index < -0.39 is 5.97 Å². The minimum Gasteiger partial charge on any atom is -0.506 e. The van der Waals surface area contributed by atoms with Gasteiger partial charge in [-0.15, -0.1) is 0 Å². The minimum atomic E-state index is -0.452. The monoisotopic (exact) mass is 313 g/mol. The van der Waals surface area contributed by atoms with E-state index in [9.17, 15) is 4.79 Å². The van der Waals surface area contributed by atoms with Crippen molar-refractivity contribution in [3.63, 3.8) is 0 Å². The van der Waals surface area contributed by atoms with Crippen molar-refractivity contribution in [1.82, 2.24) is 10.2 Å². The summed E-state index contributed by atoms with van der Waals surface area (Å²) in [6.07, 6.45) is 1.13. The van der Waals surface area contributed by atoms with E-state index in [1.165, 1.54) is 0 Å².